The molecule has 0 aliphatic carbocycles. The quantitative estimate of drug-likeness (QED) is 0.752. The minimum atomic E-state index is -5.00. The van der Waals surface area contributed by atoms with Crippen LogP contribution in [0.4, 0.5) is 13.2 Å². The summed E-state index contributed by atoms with van der Waals surface area (Å²) < 4.78 is 39.9. The van der Waals surface area contributed by atoms with Crippen LogP contribution in [-0.2, 0) is 9.53 Å². The number of alkyl halides is 3. The van der Waals surface area contributed by atoms with Crippen molar-refractivity contribution in [1.29, 1.82) is 0 Å². The number of aliphatic hydroxyl groups is 1. The maximum Gasteiger partial charge on any atom is 0.490 e. The van der Waals surface area contributed by atoms with Gasteiger partial charge in [0.25, 0.3) is 0 Å². The van der Waals surface area contributed by atoms with Gasteiger partial charge in [0.2, 0.25) is 0 Å². The van der Waals surface area contributed by atoms with Crippen LogP contribution in [0.1, 0.15) is 34.1 Å². The van der Waals surface area contributed by atoms with Crippen LogP contribution in [0.25, 0.3) is 0 Å². The van der Waals surface area contributed by atoms with Gasteiger partial charge in [0.05, 0.1) is 5.60 Å². The number of carbonyl (C=O) groups excluding carboxylic acids is 1. The average Bonchev–Trinajstić information content (AvgIpc) is 1.76. The SMILES string of the molecule is CC(C)(O)CC(C)(C)OC(=O)C(F)(F)F. The van der Waals surface area contributed by atoms with Gasteiger partial charge in [-0.25, -0.2) is 4.79 Å². The topological polar surface area (TPSA) is 46.5 Å². The molecule has 1 N–H and O–H groups in total. The molecule has 0 radical (unpaired) electrons. The molecule has 6 heteroatoms. The van der Waals surface area contributed by atoms with Gasteiger partial charge in [0, 0.05) is 6.42 Å². The molecule has 3 nitrogen and oxygen atoms in total. The lowest BCUT2D eigenvalue weighted by Crippen LogP contribution is -2.40. The average molecular weight is 228 g/mol. The molecule has 0 rings (SSSR count). The van der Waals surface area contributed by atoms with E-state index in [2.05, 4.69) is 4.74 Å². The summed E-state index contributed by atoms with van der Waals surface area (Å²) in [4.78, 5) is 10.5. The Hall–Kier alpha value is -0.780. The number of ether oxygens (including phenoxy) is 1. The highest BCUT2D eigenvalue weighted by atomic mass is 19.4. The lowest BCUT2D eigenvalue weighted by molar-refractivity contribution is -0.214. The Labute approximate surface area is 86.2 Å². The van der Waals surface area contributed by atoms with Crippen molar-refractivity contribution < 1.29 is 27.8 Å². The van der Waals surface area contributed by atoms with Gasteiger partial charge in [-0.1, -0.05) is 0 Å². The Morgan fingerprint density at radius 2 is 1.60 bits per heavy atom. The highest BCUT2D eigenvalue weighted by Gasteiger charge is 2.44. The molecule has 0 bridgehead atoms. The summed E-state index contributed by atoms with van der Waals surface area (Å²) in [6.45, 7) is 5.48. The summed E-state index contributed by atoms with van der Waals surface area (Å²) in [6.07, 6.45) is -5.08. The standard InChI is InChI=1S/C9H15F3O3/c1-7(2,14)5-8(3,4)15-6(13)9(10,11)12/h14H,5H2,1-4H3. The van der Waals surface area contributed by atoms with Crippen LogP contribution in [0.2, 0.25) is 0 Å². The van der Waals surface area contributed by atoms with Crippen LogP contribution in [-0.4, -0.2) is 28.5 Å². The molecule has 90 valence electrons. The first-order chi connectivity index (χ1) is 6.33. The van der Waals surface area contributed by atoms with E-state index in [1.54, 1.807) is 0 Å². The second-order valence-corrected chi connectivity index (χ2v) is 4.64. The Bertz CT molecular complexity index is 238. The Morgan fingerprint density at radius 3 is 1.87 bits per heavy atom. The van der Waals surface area contributed by atoms with E-state index in [0.29, 0.717) is 0 Å². The first-order valence-electron chi connectivity index (χ1n) is 4.36. The van der Waals surface area contributed by atoms with Crippen molar-refractivity contribution in [2.24, 2.45) is 0 Å². The molecule has 0 fully saturated rings. The molecule has 0 aromatic rings. The van der Waals surface area contributed by atoms with Crippen molar-refractivity contribution in [1.82, 2.24) is 0 Å². The Balaban J connectivity index is 4.46. The van der Waals surface area contributed by atoms with Gasteiger partial charge in [0.15, 0.2) is 0 Å². The fraction of sp³-hybridized carbons (Fsp3) is 0.889. The molecule has 0 amide bonds. The Kier molecular flexibility index (Phi) is 3.79. The number of halogens is 3. The maximum absolute atomic E-state index is 11.9. The van der Waals surface area contributed by atoms with Crippen molar-refractivity contribution in [3.05, 3.63) is 0 Å². The second-order valence-electron chi connectivity index (χ2n) is 4.64. The van der Waals surface area contributed by atoms with Gasteiger partial charge in [-0.15, -0.1) is 0 Å². The number of hydrogen-bond donors (Lipinski definition) is 1. The molecule has 0 unspecified atom stereocenters. The molecule has 15 heavy (non-hydrogen) atoms. The van der Waals surface area contributed by atoms with Crippen molar-refractivity contribution in [3.63, 3.8) is 0 Å². The van der Waals surface area contributed by atoms with Crippen molar-refractivity contribution in [2.45, 2.75) is 51.5 Å². The molecule has 0 heterocycles. The van der Waals surface area contributed by atoms with E-state index in [1.165, 1.54) is 27.7 Å². The minimum Gasteiger partial charge on any atom is -0.453 e. The summed E-state index contributed by atoms with van der Waals surface area (Å²) in [5.41, 5.74) is -2.56. The summed E-state index contributed by atoms with van der Waals surface area (Å²) in [6, 6.07) is 0. The van der Waals surface area contributed by atoms with E-state index in [9.17, 15) is 23.1 Å². The van der Waals surface area contributed by atoms with E-state index in [4.69, 9.17) is 0 Å². The third-order valence-corrected chi connectivity index (χ3v) is 1.46. The molecule has 0 aliphatic rings. The zero-order chi connectivity index (χ0) is 12.5. The van der Waals surface area contributed by atoms with Crippen LogP contribution in [0.5, 0.6) is 0 Å². The van der Waals surface area contributed by atoms with Gasteiger partial charge in [-0.05, 0) is 27.7 Å². The maximum atomic E-state index is 11.9. The molecular weight excluding hydrogens is 213 g/mol. The molecule has 0 spiro atoms. The molecule has 0 aliphatic heterocycles. The number of hydrogen-bond acceptors (Lipinski definition) is 3. The third-order valence-electron chi connectivity index (χ3n) is 1.46. The van der Waals surface area contributed by atoms with E-state index < -0.39 is 23.3 Å². The largest absolute Gasteiger partial charge is 0.490 e. The normalized spacial score (nSPS) is 13.9. The molecule has 0 aromatic heterocycles. The number of esters is 1. The lowest BCUT2D eigenvalue weighted by atomic mass is 9.92. The fourth-order valence-electron chi connectivity index (χ4n) is 1.39. The van der Waals surface area contributed by atoms with E-state index in [0.717, 1.165) is 0 Å². The van der Waals surface area contributed by atoms with Gasteiger partial charge in [-0.2, -0.15) is 13.2 Å². The molecule has 0 atom stereocenters. The van der Waals surface area contributed by atoms with E-state index in [-0.39, 0.29) is 6.42 Å². The minimum absolute atomic E-state index is 0.0815. The van der Waals surface area contributed by atoms with Crippen molar-refractivity contribution >= 4 is 5.97 Å². The summed E-state index contributed by atoms with van der Waals surface area (Å²) in [5.74, 6) is -2.24. The second kappa shape index (κ2) is 4.00. The van der Waals surface area contributed by atoms with Gasteiger partial charge < -0.3 is 9.84 Å². The summed E-state index contributed by atoms with van der Waals surface area (Å²) in [7, 11) is 0. The summed E-state index contributed by atoms with van der Waals surface area (Å²) in [5, 5.41) is 9.40. The smallest absolute Gasteiger partial charge is 0.453 e. The third kappa shape index (κ3) is 6.33. The molecular formula is C9H15F3O3. The molecule has 0 saturated heterocycles. The van der Waals surface area contributed by atoms with Crippen molar-refractivity contribution in [2.75, 3.05) is 0 Å². The predicted molar refractivity (Wildman–Crippen MR) is 47.1 cm³/mol. The monoisotopic (exact) mass is 228 g/mol. The van der Waals surface area contributed by atoms with Gasteiger partial charge >= 0.3 is 12.1 Å². The lowest BCUT2D eigenvalue weighted by Gasteiger charge is -2.31. The zero-order valence-electron chi connectivity index (χ0n) is 9.10. The zero-order valence-corrected chi connectivity index (χ0v) is 9.10. The number of rotatable bonds is 3. The van der Waals surface area contributed by atoms with E-state index in [1.807, 2.05) is 0 Å². The number of carbonyl (C=O) groups is 1. The molecule has 0 saturated carbocycles. The summed E-state index contributed by atoms with van der Waals surface area (Å²) >= 11 is 0. The van der Waals surface area contributed by atoms with Crippen LogP contribution < -0.4 is 0 Å². The highest BCUT2D eigenvalue weighted by molar-refractivity contribution is 5.76. The van der Waals surface area contributed by atoms with E-state index >= 15 is 0 Å². The first-order valence-corrected chi connectivity index (χ1v) is 4.36. The van der Waals surface area contributed by atoms with Gasteiger partial charge in [0.1, 0.15) is 5.60 Å². The highest BCUT2D eigenvalue weighted by Crippen LogP contribution is 2.27. The van der Waals surface area contributed by atoms with Crippen LogP contribution in [0.3, 0.4) is 0 Å². The Morgan fingerprint density at radius 1 is 1.20 bits per heavy atom. The van der Waals surface area contributed by atoms with Crippen LogP contribution in [0, 0.1) is 0 Å². The van der Waals surface area contributed by atoms with Crippen molar-refractivity contribution in [3.8, 4) is 0 Å². The van der Waals surface area contributed by atoms with Crippen LogP contribution >= 0.6 is 0 Å². The van der Waals surface area contributed by atoms with Gasteiger partial charge in [-0.3, -0.25) is 0 Å². The first kappa shape index (κ1) is 14.2. The fourth-order valence-corrected chi connectivity index (χ4v) is 1.39. The predicted octanol–water partition coefficient (Wildman–Crippen LogP) is 2.03. The van der Waals surface area contributed by atoms with Crippen LogP contribution in [0.15, 0.2) is 0 Å². The molecule has 0 aromatic carbocycles.